The number of hydrogen-bond donors (Lipinski definition) is 2. The van der Waals surface area contributed by atoms with Crippen LogP contribution in [0.1, 0.15) is 39.7 Å². The third kappa shape index (κ3) is 3.80. The molecule has 1 aromatic carbocycles. The number of ether oxygens (including phenoxy) is 1. The van der Waals surface area contributed by atoms with Crippen LogP contribution in [0.25, 0.3) is 0 Å². The van der Waals surface area contributed by atoms with Crippen molar-refractivity contribution in [3.8, 4) is 0 Å². The van der Waals surface area contributed by atoms with Crippen LogP contribution in [0.5, 0.6) is 0 Å². The zero-order valence-electron chi connectivity index (χ0n) is 13.1. The minimum atomic E-state index is -0.232. The Hall–Kier alpha value is -1.69. The highest BCUT2D eigenvalue weighted by Crippen LogP contribution is 2.39. The van der Waals surface area contributed by atoms with Crippen molar-refractivity contribution in [3.05, 3.63) is 57.8 Å². The fourth-order valence-electron chi connectivity index (χ4n) is 2.99. The Balaban J connectivity index is 1.74. The number of methoxy groups -OCH3 is 1. The van der Waals surface area contributed by atoms with Gasteiger partial charge in [0.15, 0.2) is 0 Å². The smallest absolute Gasteiger partial charge is 0.251 e. The van der Waals surface area contributed by atoms with Crippen LogP contribution in [0.4, 0.5) is 0 Å². The van der Waals surface area contributed by atoms with E-state index in [2.05, 4.69) is 5.32 Å². The zero-order chi connectivity index (χ0) is 16.2. The van der Waals surface area contributed by atoms with Crippen molar-refractivity contribution in [1.82, 2.24) is 5.32 Å². The van der Waals surface area contributed by atoms with E-state index in [-0.39, 0.29) is 18.1 Å². The molecule has 1 aliphatic rings. The molecular formula is C18H21NO3S. The van der Waals surface area contributed by atoms with Gasteiger partial charge in [0.1, 0.15) is 0 Å². The second kappa shape index (κ2) is 7.25. The van der Waals surface area contributed by atoms with Crippen LogP contribution in [0.3, 0.4) is 0 Å². The third-order valence-electron chi connectivity index (χ3n) is 4.26. The van der Waals surface area contributed by atoms with E-state index in [1.54, 1.807) is 18.4 Å². The van der Waals surface area contributed by atoms with Crippen molar-refractivity contribution in [3.63, 3.8) is 0 Å². The number of nitrogens with one attached hydrogen (secondary N) is 1. The first-order valence-electron chi connectivity index (χ1n) is 7.77. The largest absolute Gasteiger partial charge is 0.393 e. The fraction of sp³-hybridized carbons (Fsp3) is 0.389. The van der Waals surface area contributed by atoms with Gasteiger partial charge in [0.2, 0.25) is 0 Å². The lowest BCUT2D eigenvalue weighted by Crippen LogP contribution is -2.41. The molecule has 0 spiro atoms. The SMILES string of the molecule is COCc1cccc(C(=O)NC(c2cccs2)C2CC(O)C2)c1. The molecule has 0 radical (unpaired) electrons. The average molecular weight is 331 g/mol. The first-order valence-corrected chi connectivity index (χ1v) is 8.65. The van der Waals surface area contributed by atoms with Gasteiger partial charge in [-0.15, -0.1) is 11.3 Å². The van der Waals surface area contributed by atoms with Crippen LogP contribution in [-0.2, 0) is 11.3 Å². The van der Waals surface area contributed by atoms with Gasteiger partial charge in [0, 0.05) is 17.6 Å². The van der Waals surface area contributed by atoms with Crippen molar-refractivity contribution < 1.29 is 14.6 Å². The quantitative estimate of drug-likeness (QED) is 0.855. The van der Waals surface area contributed by atoms with E-state index in [9.17, 15) is 9.90 Å². The Morgan fingerprint density at radius 3 is 2.87 bits per heavy atom. The number of rotatable bonds is 6. The average Bonchev–Trinajstić information content (AvgIpc) is 3.04. The molecule has 1 fully saturated rings. The third-order valence-corrected chi connectivity index (χ3v) is 5.21. The molecule has 0 aliphatic heterocycles. The van der Waals surface area contributed by atoms with E-state index in [0.29, 0.717) is 18.1 Å². The summed E-state index contributed by atoms with van der Waals surface area (Å²) < 4.78 is 5.12. The summed E-state index contributed by atoms with van der Waals surface area (Å²) >= 11 is 1.64. The van der Waals surface area contributed by atoms with Crippen LogP contribution in [0.2, 0.25) is 0 Å². The summed E-state index contributed by atoms with van der Waals surface area (Å²) in [5.74, 6) is 0.220. The van der Waals surface area contributed by atoms with Crippen LogP contribution >= 0.6 is 11.3 Å². The normalized spacial score (nSPS) is 21.5. The molecular weight excluding hydrogens is 310 g/mol. The second-order valence-electron chi connectivity index (χ2n) is 5.99. The van der Waals surface area contributed by atoms with Gasteiger partial charge >= 0.3 is 0 Å². The Labute approximate surface area is 140 Å². The number of aliphatic hydroxyl groups excluding tert-OH is 1. The molecule has 5 heteroatoms. The van der Waals surface area contributed by atoms with Crippen LogP contribution in [0.15, 0.2) is 41.8 Å². The van der Waals surface area contributed by atoms with E-state index in [1.807, 2.05) is 41.8 Å². The number of thiophene rings is 1. The molecule has 3 rings (SSSR count). The predicted molar refractivity (Wildman–Crippen MR) is 90.4 cm³/mol. The summed E-state index contributed by atoms with van der Waals surface area (Å²) in [5.41, 5.74) is 1.62. The van der Waals surface area contributed by atoms with Gasteiger partial charge in [-0.3, -0.25) is 4.79 Å². The van der Waals surface area contributed by atoms with Crippen molar-refractivity contribution >= 4 is 17.2 Å². The Bertz CT molecular complexity index is 650. The summed E-state index contributed by atoms with van der Waals surface area (Å²) in [5, 5.41) is 14.8. The minimum Gasteiger partial charge on any atom is -0.393 e. The fourth-order valence-corrected chi connectivity index (χ4v) is 3.85. The monoisotopic (exact) mass is 331 g/mol. The van der Waals surface area contributed by atoms with Crippen molar-refractivity contribution in [1.29, 1.82) is 0 Å². The first kappa shape index (κ1) is 16.2. The molecule has 1 aliphatic carbocycles. The highest BCUT2D eigenvalue weighted by Gasteiger charge is 2.36. The molecule has 1 aromatic heterocycles. The standard InChI is InChI=1S/C18H21NO3S/c1-22-11-12-4-2-5-13(8-12)18(21)19-17(14-9-15(20)10-14)16-6-3-7-23-16/h2-8,14-15,17,20H,9-11H2,1H3,(H,19,21). The molecule has 1 atom stereocenters. The van der Waals surface area contributed by atoms with Gasteiger partial charge in [0.05, 0.1) is 18.8 Å². The molecule has 0 bridgehead atoms. The second-order valence-corrected chi connectivity index (χ2v) is 6.96. The van der Waals surface area contributed by atoms with Crippen LogP contribution < -0.4 is 5.32 Å². The molecule has 2 N–H and O–H groups in total. The van der Waals surface area contributed by atoms with Gasteiger partial charge in [-0.25, -0.2) is 0 Å². The molecule has 23 heavy (non-hydrogen) atoms. The molecule has 1 saturated carbocycles. The Morgan fingerprint density at radius 1 is 1.39 bits per heavy atom. The molecule has 122 valence electrons. The zero-order valence-corrected chi connectivity index (χ0v) is 13.9. The number of benzene rings is 1. The van der Waals surface area contributed by atoms with Gasteiger partial charge in [0.25, 0.3) is 5.91 Å². The Morgan fingerprint density at radius 2 is 2.22 bits per heavy atom. The maximum Gasteiger partial charge on any atom is 0.251 e. The maximum absolute atomic E-state index is 12.6. The Kier molecular flexibility index (Phi) is 5.10. The molecule has 0 saturated heterocycles. The maximum atomic E-state index is 12.6. The highest BCUT2D eigenvalue weighted by molar-refractivity contribution is 7.10. The van der Waals surface area contributed by atoms with Crippen molar-refractivity contribution in [2.24, 2.45) is 5.92 Å². The van der Waals surface area contributed by atoms with Gasteiger partial charge in [-0.2, -0.15) is 0 Å². The molecule has 2 aromatic rings. The van der Waals surface area contributed by atoms with Gasteiger partial charge in [-0.05, 0) is 47.9 Å². The van der Waals surface area contributed by atoms with E-state index >= 15 is 0 Å². The number of carbonyl (C=O) groups is 1. The predicted octanol–water partition coefficient (Wildman–Crippen LogP) is 3.14. The summed E-state index contributed by atoms with van der Waals surface area (Å²) in [7, 11) is 1.64. The lowest BCUT2D eigenvalue weighted by atomic mass is 9.76. The van der Waals surface area contributed by atoms with E-state index in [1.165, 1.54) is 0 Å². The molecule has 1 amide bonds. The number of amides is 1. The van der Waals surface area contributed by atoms with Gasteiger partial charge < -0.3 is 15.2 Å². The molecule has 4 nitrogen and oxygen atoms in total. The van der Waals surface area contributed by atoms with Gasteiger partial charge in [-0.1, -0.05) is 18.2 Å². The molecule has 1 unspecified atom stereocenters. The summed E-state index contributed by atoms with van der Waals surface area (Å²) in [6.45, 7) is 0.490. The van der Waals surface area contributed by atoms with E-state index < -0.39 is 0 Å². The number of hydrogen-bond acceptors (Lipinski definition) is 4. The summed E-state index contributed by atoms with van der Waals surface area (Å²) in [4.78, 5) is 13.8. The number of carbonyl (C=O) groups excluding carboxylic acids is 1. The topological polar surface area (TPSA) is 58.6 Å². The first-order chi connectivity index (χ1) is 11.2. The number of aliphatic hydroxyl groups is 1. The van der Waals surface area contributed by atoms with Crippen LogP contribution in [0, 0.1) is 5.92 Å². The van der Waals surface area contributed by atoms with E-state index in [0.717, 1.165) is 23.3 Å². The highest BCUT2D eigenvalue weighted by atomic mass is 32.1. The van der Waals surface area contributed by atoms with Crippen molar-refractivity contribution in [2.45, 2.75) is 31.6 Å². The summed E-state index contributed by atoms with van der Waals surface area (Å²) in [6, 6.07) is 11.5. The van der Waals surface area contributed by atoms with E-state index in [4.69, 9.17) is 4.74 Å². The molecule has 1 heterocycles. The van der Waals surface area contributed by atoms with Crippen molar-refractivity contribution in [2.75, 3.05) is 7.11 Å². The lowest BCUT2D eigenvalue weighted by Gasteiger charge is -2.37. The summed E-state index contributed by atoms with van der Waals surface area (Å²) in [6.07, 6.45) is 1.25. The minimum absolute atomic E-state index is 0.0306. The van der Waals surface area contributed by atoms with Crippen LogP contribution in [-0.4, -0.2) is 24.2 Å². The lowest BCUT2D eigenvalue weighted by molar-refractivity contribution is 0.0241.